The molecule has 0 spiro atoms. The van der Waals surface area contributed by atoms with E-state index in [1.807, 2.05) is 6.08 Å². The third-order valence-corrected chi connectivity index (χ3v) is 1.56. The molecule has 0 aromatic rings. The number of alkyl halides is 1. The highest BCUT2D eigenvalue weighted by Crippen LogP contribution is 2.11. The standard InChI is InChI=1S/C10H17F/c1-3-6-10(7-4-2)8-5-9-11/h3,6H,1,4-5,7-9H2,2H3/b10-6+. The molecule has 11 heavy (non-hydrogen) atoms. The van der Waals surface area contributed by atoms with Crippen LogP contribution in [0.4, 0.5) is 4.39 Å². The summed E-state index contributed by atoms with van der Waals surface area (Å²) in [6.45, 7) is 5.54. The topological polar surface area (TPSA) is 0 Å². The van der Waals surface area contributed by atoms with Crippen LogP contribution in [-0.2, 0) is 0 Å². The first-order valence-electron chi connectivity index (χ1n) is 4.21. The molecule has 0 atom stereocenters. The summed E-state index contributed by atoms with van der Waals surface area (Å²) in [7, 11) is 0. The minimum Gasteiger partial charge on any atom is -0.251 e. The van der Waals surface area contributed by atoms with Crippen molar-refractivity contribution in [2.45, 2.75) is 32.6 Å². The molecule has 0 aliphatic rings. The number of hydrogen-bond donors (Lipinski definition) is 0. The molecule has 0 rings (SSSR count). The van der Waals surface area contributed by atoms with Crippen LogP contribution in [0, 0.1) is 0 Å². The summed E-state index contributed by atoms with van der Waals surface area (Å²) < 4.78 is 11.8. The van der Waals surface area contributed by atoms with Gasteiger partial charge >= 0.3 is 0 Å². The average Bonchev–Trinajstić information content (AvgIpc) is 2.01. The molecule has 64 valence electrons. The molecule has 0 aliphatic carbocycles. The minimum atomic E-state index is -0.210. The normalized spacial score (nSPS) is 11.6. The molecule has 1 heteroatoms. The van der Waals surface area contributed by atoms with Gasteiger partial charge in [0.1, 0.15) is 0 Å². The Labute approximate surface area is 68.8 Å². The Bertz CT molecular complexity index is 125. The fourth-order valence-corrected chi connectivity index (χ4v) is 1.07. The average molecular weight is 156 g/mol. The van der Waals surface area contributed by atoms with Gasteiger partial charge in [-0.25, -0.2) is 0 Å². The SMILES string of the molecule is C=C/C=C(\CCC)CCCF. The van der Waals surface area contributed by atoms with Crippen molar-refractivity contribution in [1.82, 2.24) is 0 Å². The molecule has 0 saturated heterocycles. The summed E-state index contributed by atoms with van der Waals surface area (Å²) in [6, 6.07) is 0. The van der Waals surface area contributed by atoms with E-state index in [1.54, 1.807) is 6.08 Å². The van der Waals surface area contributed by atoms with Crippen LogP contribution in [0.25, 0.3) is 0 Å². The molecule has 0 saturated carbocycles. The minimum absolute atomic E-state index is 0.210. The van der Waals surface area contributed by atoms with Gasteiger partial charge in [0.05, 0.1) is 6.67 Å². The lowest BCUT2D eigenvalue weighted by atomic mass is 10.1. The number of halogens is 1. The first kappa shape index (κ1) is 10.4. The highest BCUT2D eigenvalue weighted by Gasteiger charge is 1.94. The van der Waals surface area contributed by atoms with Gasteiger partial charge in [0.15, 0.2) is 0 Å². The third-order valence-electron chi connectivity index (χ3n) is 1.56. The maximum Gasteiger partial charge on any atom is 0.0897 e. The number of allylic oxidation sites excluding steroid dienone is 3. The van der Waals surface area contributed by atoms with E-state index in [0.717, 1.165) is 19.3 Å². The monoisotopic (exact) mass is 156 g/mol. The van der Waals surface area contributed by atoms with Crippen LogP contribution in [-0.4, -0.2) is 6.67 Å². The summed E-state index contributed by atoms with van der Waals surface area (Å²) in [5, 5.41) is 0. The molecule has 0 N–H and O–H groups in total. The van der Waals surface area contributed by atoms with Crippen LogP contribution >= 0.6 is 0 Å². The largest absolute Gasteiger partial charge is 0.251 e. The van der Waals surface area contributed by atoms with Crippen molar-refractivity contribution < 1.29 is 4.39 Å². The van der Waals surface area contributed by atoms with Crippen molar-refractivity contribution in [3.8, 4) is 0 Å². The Morgan fingerprint density at radius 3 is 2.64 bits per heavy atom. The Hall–Kier alpha value is -0.590. The van der Waals surface area contributed by atoms with Gasteiger partial charge in [-0.15, -0.1) is 0 Å². The summed E-state index contributed by atoms with van der Waals surface area (Å²) in [4.78, 5) is 0. The van der Waals surface area contributed by atoms with Gasteiger partial charge < -0.3 is 0 Å². The van der Waals surface area contributed by atoms with E-state index in [2.05, 4.69) is 13.5 Å². The molecule has 0 aromatic heterocycles. The van der Waals surface area contributed by atoms with E-state index < -0.39 is 0 Å². The molecule has 0 aromatic carbocycles. The number of hydrogen-bond acceptors (Lipinski definition) is 0. The van der Waals surface area contributed by atoms with Gasteiger partial charge in [-0.05, 0) is 19.3 Å². The zero-order chi connectivity index (χ0) is 8.53. The number of rotatable bonds is 6. The summed E-state index contributed by atoms with van der Waals surface area (Å²) in [5.74, 6) is 0. The summed E-state index contributed by atoms with van der Waals surface area (Å²) >= 11 is 0. The Balaban J connectivity index is 3.69. The predicted octanol–water partition coefficient (Wildman–Crippen LogP) is 3.65. The molecule has 0 fully saturated rings. The predicted molar refractivity (Wildman–Crippen MR) is 48.4 cm³/mol. The molecular weight excluding hydrogens is 139 g/mol. The van der Waals surface area contributed by atoms with Gasteiger partial charge in [0.25, 0.3) is 0 Å². The zero-order valence-electron chi connectivity index (χ0n) is 7.28. The van der Waals surface area contributed by atoms with Crippen LogP contribution < -0.4 is 0 Å². The van der Waals surface area contributed by atoms with Gasteiger partial charge in [-0.3, -0.25) is 4.39 Å². The quantitative estimate of drug-likeness (QED) is 0.515. The van der Waals surface area contributed by atoms with Gasteiger partial charge in [0.2, 0.25) is 0 Å². The van der Waals surface area contributed by atoms with Crippen LogP contribution in [0.3, 0.4) is 0 Å². The summed E-state index contributed by atoms with van der Waals surface area (Å²) in [6.07, 6.45) is 7.52. The molecule has 0 radical (unpaired) electrons. The Kier molecular flexibility index (Phi) is 7.11. The van der Waals surface area contributed by atoms with Crippen LogP contribution in [0.15, 0.2) is 24.3 Å². The maximum absolute atomic E-state index is 11.8. The lowest BCUT2D eigenvalue weighted by Gasteiger charge is -2.01. The highest BCUT2D eigenvalue weighted by molar-refractivity contribution is 5.10. The lowest BCUT2D eigenvalue weighted by Crippen LogP contribution is -1.84. The second-order valence-corrected chi connectivity index (χ2v) is 2.60. The fourth-order valence-electron chi connectivity index (χ4n) is 1.07. The first-order chi connectivity index (χ1) is 5.35. The second kappa shape index (κ2) is 7.52. The Morgan fingerprint density at radius 2 is 2.18 bits per heavy atom. The van der Waals surface area contributed by atoms with Crippen molar-refractivity contribution >= 4 is 0 Å². The molecular formula is C10H17F. The van der Waals surface area contributed by atoms with E-state index in [9.17, 15) is 4.39 Å². The molecule has 0 amide bonds. The van der Waals surface area contributed by atoms with Gasteiger partial charge in [0, 0.05) is 0 Å². The van der Waals surface area contributed by atoms with Crippen LogP contribution in [0.2, 0.25) is 0 Å². The van der Waals surface area contributed by atoms with Crippen LogP contribution in [0.1, 0.15) is 32.6 Å². The highest BCUT2D eigenvalue weighted by atomic mass is 19.1. The van der Waals surface area contributed by atoms with E-state index in [-0.39, 0.29) is 6.67 Å². The zero-order valence-corrected chi connectivity index (χ0v) is 7.28. The van der Waals surface area contributed by atoms with Crippen LogP contribution in [0.5, 0.6) is 0 Å². The van der Waals surface area contributed by atoms with E-state index in [0.29, 0.717) is 6.42 Å². The van der Waals surface area contributed by atoms with Crippen molar-refractivity contribution in [1.29, 1.82) is 0 Å². The first-order valence-corrected chi connectivity index (χ1v) is 4.21. The lowest BCUT2D eigenvalue weighted by molar-refractivity contribution is 0.470. The molecule has 0 heterocycles. The molecule has 0 aliphatic heterocycles. The second-order valence-electron chi connectivity index (χ2n) is 2.60. The van der Waals surface area contributed by atoms with Crippen molar-refractivity contribution in [2.24, 2.45) is 0 Å². The van der Waals surface area contributed by atoms with E-state index >= 15 is 0 Å². The van der Waals surface area contributed by atoms with Crippen molar-refractivity contribution in [3.05, 3.63) is 24.3 Å². The molecule has 0 nitrogen and oxygen atoms in total. The van der Waals surface area contributed by atoms with E-state index in [4.69, 9.17) is 0 Å². The molecule has 0 unspecified atom stereocenters. The smallest absolute Gasteiger partial charge is 0.0897 e. The summed E-state index contributed by atoms with van der Waals surface area (Å²) in [5.41, 5.74) is 1.32. The van der Waals surface area contributed by atoms with Crippen molar-refractivity contribution in [2.75, 3.05) is 6.67 Å². The third kappa shape index (κ3) is 5.84. The van der Waals surface area contributed by atoms with Gasteiger partial charge in [-0.2, -0.15) is 0 Å². The maximum atomic E-state index is 11.8. The van der Waals surface area contributed by atoms with Gasteiger partial charge in [-0.1, -0.05) is 37.6 Å². The molecule has 0 bridgehead atoms. The van der Waals surface area contributed by atoms with E-state index in [1.165, 1.54) is 5.57 Å². The fraction of sp³-hybridized carbons (Fsp3) is 0.600. The Morgan fingerprint density at radius 1 is 1.45 bits per heavy atom. The van der Waals surface area contributed by atoms with Crippen molar-refractivity contribution in [3.63, 3.8) is 0 Å².